The van der Waals surface area contributed by atoms with Gasteiger partial charge in [-0.2, -0.15) is 5.10 Å². The number of benzene rings is 2. The number of imidazole rings is 1. The summed E-state index contributed by atoms with van der Waals surface area (Å²) in [5.41, 5.74) is 6.67. The molecule has 0 bridgehead atoms. The summed E-state index contributed by atoms with van der Waals surface area (Å²) < 4.78 is 4.95. The lowest BCUT2D eigenvalue weighted by Gasteiger charge is -2.10. The van der Waals surface area contributed by atoms with Crippen LogP contribution >= 0.6 is 0 Å². The number of fused-ring (bicyclic) bond motifs is 1. The largest absolute Gasteiger partial charge is 0.710 e. The Labute approximate surface area is 170 Å². The van der Waals surface area contributed by atoms with E-state index in [4.69, 9.17) is 0 Å². The Kier molecular flexibility index (Phi) is 5.11. The maximum absolute atomic E-state index is 12.9. The van der Waals surface area contributed by atoms with Gasteiger partial charge in [-0.1, -0.05) is 30.7 Å². The fraction of sp³-hybridized carbons (Fsp3) is 0.304. The van der Waals surface area contributed by atoms with Crippen molar-refractivity contribution in [3.05, 3.63) is 65.3 Å². The van der Waals surface area contributed by atoms with Crippen LogP contribution in [0, 0.1) is 12.1 Å². The van der Waals surface area contributed by atoms with Crippen molar-refractivity contribution < 1.29 is 9.84 Å². The molecular formula is C23H26N4O2. The molecule has 2 aromatic carbocycles. The van der Waals surface area contributed by atoms with Crippen molar-refractivity contribution in [1.82, 2.24) is 14.3 Å². The second-order valence-corrected chi connectivity index (χ2v) is 7.23. The van der Waals surface area contributed by atoms with E-state index in [-0.39, 0.29) is 6.61 Å². The van der Waals surface area contributed by atoms with Crippen molar-refractivity contribution in [1.29, 1.82) is 0 Å². The van der Waals surface area contributed by atoms with E-state index >= 15 is 0 Å². The molecule has 29 heavy (non-hydrogen) atoms. The van der Waals surface area contributed by atoms with Crippen molar-refractivity contribution in [2.24, 2.45) is 0 Å². The van der Waals surface area contributed by atoms with Crippen molar-refractivity contribution in [3.63, 3.8) is 0 Å². The molecule has 0 saturated heterocycles. The number of rotatable bonds is 6. The smallest absolute Gasteiger partial charge is 0.260 e. The van der Waals surface area contributed by atoms with Crippen LogP contribution in [-0.4, -0.2) is 26.1 Å². The van der Waals surface area contributed by atoms with Crippen LogP contribution in [0.4, 0.5) is 0 Å². The topological polar surface area (TPSA) is 69.9 Å². The predicted molar refractivity (Wildman–Crippen MR) is 114 cm³/mol. The van der Waals surface area contributed by atoms with Crippen LogP contribution in [0.15, 0.2) is 48.7 Å². The SMILES string of the molecule is CCc1n(CC)c2ccc(-c3cnn(CCO)c3-c3cccc(C)c3)cc2[n+]1[O-]. The van der Waals surface area contributed by atoms with Gasteiger partial charge in [-0.25, -0.2) is 9.30 Å². The first-order valence-corrected chi connectivity index (χ1v) is 10.1. The fourth-order valence-corrected chi connectivity index (χ4v) is 4.11. The quantitative estimate of drug-likeness (QED) is 0.403. The molecule has 4 aromatic rings. The van der Waals surface area contributed by atoms with E-state index in [1.54, 1.807) is 0 Å². The summed E-state index contributed by atoms with van der Waals surface area (Å²) >= 11 is 0. The van der Waals surface area contributed by atoms with Gasteiger partial charge in [0.1, 0.15) is 0 Å². The molecule has 2 heterocycles. The molecule has 4 rings (SSSR count). The standard InChI is InChI=1S/C23H26N4O2/c1-4-22-25(5-2)20-10-9-17(14-21(20)27(22)29)19-15-24-26(11-12-28)23(19)18-8-6-7-16(3)13-18/h6-10,13-15,28H,4-5,11-12H2,1-3H3. The molecule has 0 saturated carbocycles. The van der Waals surface area contributed by atoms with E-state index < -0.39 is 0 Å². The van der Waals surface area contributed by atoms with Gasteiger partial charge in [0, 0.05) is 17.5 Å². The molecule has 2 aromatic heterocycles. The summed E-state index contributed by atoms with van der Waals surface area (Å²) in [6, 6.07) is 14.3. The number of aliphatic hydroxyl groups excluding tert-OH is 1. The highest BCUT2D eigenvalue weighted by Gasteiger charge is 2.21. The van der Waals surface area contributed by atoms with E-state index in [9.17, 15) is 10.3 Å². The highest BCUT2D eigenvalue weighted by Crippen LogP contribution is 2.34. The summed E-state index contributed by atoms with van der Waals surface area (Å²) in [6.45, 7) is 7.31. The number of nitrogens with zero attached hydrogens (tertiary/aromatic N) is 4. The highest BCUT2D eigenvalue weighted by atomic mass is 16.5. The Morgan fingerprint density at radius 3 is 2.62 bits per heavy atom. The van der Waals surface area contributed by atoms with Crippen LogP contribution in [0.2, 0.25) is 0 Å². The van der Waals surface area contributed by atoms with Gasteiger partial charge in [0.25, 0.3) is 5.82 Å². The number of aliphatic hydroxyl groups is 1. The van der Waals surface area contributed by atoms with E-state index in [2.05, 4.69) is 41.7 Å². The lowest BCUT2D eigenvalue weighted by molar-refractivity contribution is -0.587. The minimum absolute atomic E-state index is 0.0126. The molecule has 1 N–H and O–H groups in total. The minimum Gasteiger partial charge on any atom is -0.710 e. The Balaban J connectivity index is 1.93. The Hall–Kier alpha value is -3.12. The molecule has 0 radical (unpaired) electrons. The Morgan fingerprint density at radius 1 is 1.10 bits per heavy atom. The monoisotopic (exact) mass is 390 g/mol. The third-order valence-corrected chi connectivity index (χ3v) is 5.42. The summed E-state index contributed by atoms with van der Waals surface area (Å²) in [6.07, 6.45) is 2.51. The molecular weight excluding hydrogens is 364 g/mol. The van der Waals surface area contributed by atoms with Gasteiger partial charge in [-0.15, -0.1) is 0 Å². The van der Waals surface area contributed by atoms with E-state index in [1.807, 2.05) is 42.1 Å². The molecule has 0 amide bonds. The van der Waals surface area contributed by atoms with Crippen LogP contribution < -0.4 is 4.73 Å². The lowest BCUT2D eigenvalue weighted by Crippen LogP contribution is -2.30. The molecule has 0 aliphatic carbocycles. The molecule has 0 aliphatic rings. The zero-order valence-electron chi connectivity index (χ0n) is 17.1. The van der Waals surface area contributed by atoms with Gasteiger partial charge in [0.2, 0.25) is 0 Å². The summed E-state index contributed by atoms with van der Waals surface area (Å²) in [4.78, 5) is 0. The average Bonchev–Trinajstić information content (AvgIpc) is 3.26. The van der Waals surface area contributed by atoms with Gasteiger partial charge < -0.3 is 10.3 Å². The number of aromatic nitrogens is 4. The van der Waals surface area contributed by atoms with E-state index in [1.165, 1.54) is 0 Å². The van der Waals surface area contributed by atoms with Gasteiger partial charge in [-0.3, -0.25) is 4.68 Å². The Bertz CT molecular complexity index is 1170. The van der Waals surface area contributed by atoms with Gasteiger partial charge in [0.05, 0.1) is 31.6 Å². The third kappa shape index (κ3) is 3.19. The average molecular weight is 390 g/mol. The normalized spacial score (nSPS) is 11.4. The van der Waals surface area contributed by atoms with Crippen LogP contribution in [0.3, 0.4) is 0 Å². The highest BCUT2D eigenvalue weighted by molar-refractivity contribution is 5.86. The van der Waals surface area contributed by atoms with E-state index in [0.717, 1.165) is 50.6 Å². The van der Waals surface area contributed by atoms with Crippen LogP contribution in [0.5, 0.6) is 0 Å². The van der Waals surface area contributed by atoms with Crippen molar-refractivity contribution in [3.8, 4) is 22.4 Å². The number of hydrogen-bond acceptors (Lipinski definition) is 3. The van der Waals surface area contributed by atoms with Crippen LogP contribution in [0.1, 0.15) is 25.2 Å². The third-order valence-electron chi connectivity index (χ3n) is 5.42. The summed E-state index contributed by atoms with van der Waals surface area (Å²) in [5, 5.41) is 26.9. The molecule has 0 unspecified atom stereocenters. The first-order valence-electron chi connectivity index (χ1n) is 10.1. The van der Waals surface area contributed by atoms with Crippen molar-refractivity contribution in [2.45, 2.75) is 40.3 Å². The maximum Gasteiger partial charge on any atom is 0.260 e. The molecule has 150 valence electrons. The molecule has 0 spiro atoms. The van der Waals surface area contributed by atoms with Gasteiger partial charge >= 0.3 is 0 Å². The lowest BCUT2D eigenvalue weighted by atomic mass is 10.00. The minimum atomic E-state index is 0.0126. The summed E-state index contributed by atoms with van der Waals surface area (Å²) in [5.74, 6) is 0.773. The molecule has 6 heteroatoms. The molecule has 0 atom stereocenters. The van der Waals surface area contributed by atoms with Crippen molar-refractivity contribution in [2.75, 3.05) is 6.61 Å². The maximum atomic E-state index is 12.9. The first kappa shape index (κ1) is 19.2. The fourth-order valence-electron chi connectivity index (χ4n) is 4.11. The predicted octanol–water partition coefficient (Wildman–Crippen LogP) is 3.69. The van der Waals surface area contributed by atoms with Crippen LogP contribution in [-0.2, 0) is 19.5 Å². The van der Waals surface area contributed by atoms with Gasteiger partial charge in [-0.05, 0) is 43.7 Å². The number of hydrogen-bond donors (Lipinski definition) is 1. The zero-order valence-corrected chi connectivity index (χ0v) is 17.1. The molecule has 6 nitrogen and oxygen atoms in total. The summed E-state index contributed by atoms with van der Waals surface area (Å²) in [7, 11) is 0. The van der Waals surface area contributed by atoms with Crippen LogP contribution in [0.25, 0.3) is 33.4 Å². The van der Waals surface area contributed by atoms with Gasteiger partial charge in [0.15, 0.2) is 11.0 Å². The zero-order chi connectivity index (χ0) is 20.5. The number of aryl methyl sites for hydroxylation is 2. The second kappa shape index (κ2) is 7.72. The first-order chi connectivity index (χ1) is 14.1. The molecule has 0 fully saturated rings. The Morgan fingerprint density at radius 2 is 1.93 bits per heavy atom. The second-order valence-electron chi connectivity index (χ2n) is 7.23. The molecule has 0 aliphatic heterocycles. The van der Waals surface area contributed by atoms with Crippen molar-refractivity contribution >= 4 is 11.0 Å². The van der Waals surface area contributed by atoms with E-state index in [0.29, 0.717) is 18.5 Å².